The molecule has 0 radical (unpaired) electrons. The number of pyridine rings is 1. The summed E-state index contributed by atoms with van der Waals surface area (Å²) in [5, 5.41) is 11.9. The predicted octanol–water partition coefficient (Wildman–Crippen LogP) is 3.75. The molecule has 1 saturated heterocycles. The Hall–Kier alpha value is -3.44. The number of rotatable bonds is 10. The number of hydrogen-bond donors (Lipinski definition) is 2. The van der Waals surface area contributed by atoms with E-state index in [1.807, 2.05) is 6.07 Å². The monoisotopic (exact) mass is 498 g/mol. The van der Waals surface area contributed by atoms with E-state index in [0.717, 1.165) is 11.8 Å². The molecule has 11 heteroatoms. The molecule has 0 bridgehead atoms. The summed E-state index contributed by atoms with van der Waals surface area (Å²) in [4.78, 5) is 43.3. The van der Waals surface area contributed by atoms with Crippen LogP contribution in [0.4, 0.5) is 5.82 Å². The zero-order chi connectivity index (χ0) is 24.1. The van der Waals surface area contributed by atoms with Crippen molar-refractivity contribution in [1.82, 2.24) is 14.3 Å². The Bertz CT molecular complexity index is 1320. The Morgan fingerprint density at radius 2 is 2.06 bits per heavy atom. The summed E-state index contributed by atoms with van der Waals surface area (Å²) < 4.78 is 7.19. The summed E-state index contributed by atoms with van der Waals surface area (Å²) in [6.07, 6.45) is 6.69. The highest BCUT2D eigenvalue weighted by molar-refractivity contribution is 8.26. The standard InChI is InChI=1S/C23H22N4O5S2/c28-19(29)9-2-1-4-11-27-22(31)17(34-23(27)33)13-16-20(24-14-15-7-6-12-32-15)25-18-8-3-5-10-26(18)21(16)30/h3,5-8,10,12-13,24H,1-2,4,9,11,14H2,(H,28,29)/b17-13-. The first-order chi connectivity index (χ1) is 16.4. The lowest BCUT2D eigenvalue weighted by Gasteiger charge is -2.14. The van der Waals surface area contributed by atoms with Gasteiger partial charge in [-0.1, -0.05) is 36.5 Å². The second kappa shape index (κ2) is 10.7. The maximum atomic E-state index is 13.3. The molecule has 0 aromatic carbocycles. The first-order valence-corrected chi connectivity index (χ1v) is 11.9. The first-order valence-electron chi connectivity index (χ1n) is 10.7. The normalized spacial score (nSPS) is 14.9. The quantitative estimate of drug-likeness (QED) is 0.245. The number of unbranched alkanes of at least 4 members (excludes halogenated alkanes) is 2. The molecule has 0 aliphatic carbocycles. The molecular formula is C23H22N4O5S2. The van der Waals surface area contributed by atoms with E-state index in [2.05, 4.69) is 10.3 Å². The van der Waals surface area contributed by atoms with E-state index in [1.54, 1.807) is 36.7 Å². The number of fused-ring (bicyclic) bond motifs is 1. The van der Waals surface area contributed by atoms with Crippen molar-refractivity contribution in [3.8, 4) is 0 Å². The molecule has 1 aliphatic rings. The summed E-state index contributed by atoms with van der Waals surface area (Å²) >= 11 is 6.52. The fraction of sp³-hybridized carbons (Fsp3) is 0.261. The number of carboxylic acid groups (broad SMARTS) is 1. The number of hydrogen-bond acceptors (Lipinski definition) is 8. The number of nitrogens with one attached hydrogen (secondary N) is 1. The molecule has 1 amide bonds. The van der Waals surface area contributed by atoms with Gasteiger partial charge in [0.15, 0.2) is 0 Å². The lowest BCUT2D eigenvalue weighted by Crippen LogP contribution is -2.29. The van der Waals surface area contributed by atoms with Crippen molar-refractivity contribution in [2.45, 2.75) is 32.2 Å². The van der Waals surface area contributed by atoms with E-state index in [0.29, 0.717) is 58.8 Å². The molecule has 3 aromatic rings. The van der Waals surface area contributed by atoms with Crippen LogP contribution in [0.15, 0.2) is 56.9 Å². The number of carbonyl (C=O) groups excluding carboxylic acids is 1. The summed E-state index contributed by atoms with van der Waals surface area (Å²) in [5.74, 6) is -0.0927. The number of anilines is 1. The van der Waals surface area contributed by atoms with Gasteiger partial charge in [0.05, 0.1) is 23.3 Å². The highest BCUT2D eigenvalue weighted by Gasteiger charge is 2.32. The predicted molar refractivity (Wildman–Crippen MR) is 133 cm³/mol. The summed E-state index contributed by atoms with van der Waals surface area (Å²) in [5.41, 5.74) is 0.407. The number of aliphatic carboxylic acids is 1. The van der Waals surface area contributed by atoms with Gasteiger partial charge in [0.25, 0.3) is 11.5 Å². The van der Waals surface area contributed by atoms with Crippen molar-refractivity contribution in [2.24, 2.45) is 0 Å². The average Bonchev–Trinajstić information content (AvgIpc) is 3.43. The van der Waals surface area contributed by atoms with Crippen LogP contribution < -0.4 is 10.9 Å². The molecule has 4 rings (SSSR count). The van der Waals surface area contributed by atoms with Crippen LogP contribution >= 0.6 is 24.0 Å². The smallest absolute Gasteiger partial charge is 0.303 e. The fourth-order valence-corrected chi connectivity index (χ4v) is 4.79. The van der Waals surface area contributed by atoms with E-state index < -0.39 is 5.97 Å². The molecule has 0 spiro atoms. The molecule has 4 heterocycles. The number of aromatic nitrogens is 2. The number of carbonyl (C=O) groups is 2. The highest BCUT2D eigenvalue weighted by Crippen LogP contribution is 2.33. The van der Waals surface area contributed by atoms with Crippen LogP contribution in [0.25, 0.3) is 11.7 Å². The van der Waals surface area contributed by atoms with Gasteiger partial charge in [0, 0.05) is 19.2 Å². The van der Waals surface area contributed by atoms with Crippen LogP contribution in [-0.2, 0) is 16.1 Å². The number of furan rings is 1. The van der Waals surface area contributed by atoms with Crippen molar-refractivity contribution in [3.05, 3.63) is 69.4 Å². The molecule has 1 aliphatic heterocycles. The topological polar surface area (TPSA) is 117 Å². The van der Waals surface area contributed by atoms with Crippen LogP contribution in [0.2, 0.25) is 0 Å². The van der Waals surface area contributed by atoms with Crippen LogP contribution in [0, 0.1) is 0 Å². The van der Waals surface area contributed by atoms with Gasteiger partial charge in [-0.2, -0.15) is 0 Å². The van der Waals surface area contributed by atoms with Crippen LogP contribution in [0.5, 0.6) is 0 Å². The molecule has 1 fully saturated rings. The van der Waals surface area contributed by atoms with Crippen molar-refractivity contribution in [3.63, 3.8) is 0 Å². The van der Waals surface area contributed by atoms with Crippen molar-refractivity contribution >= 4 is 57.7 Å². The van der Waals surface area contributed by atoms with Gasteiger partial charge in [-0.05, 0) is 43.2 Å². The third kappa shape index (κ3) is 5.37. The molecule has 0 saturated carbocycles. The van der Waals surface area contributed by atoms with Gasteiger partial charge in [0.2, 0.25) is 0 Å². The van der Waals surface area contributed by atoms with Crippen molar-refractivity contribution in [1.29, 1.82) is 0 Å². The molecule has 3 aromatic heterocycles. The number of carboxylic acids is 1. The molecule has 0 atom stereocenters. The number of nitrogens with zero attached hydrogens (tertiary/aromatic N) is 3. The minimum absolute atomic E-state index is 0.102. The van der Waals surface area contributed by atoms with E-state index in [-0.39, 0.29) is 23.5 Å². The zero-order valence-corrected chi connectivity index (χ0v) is 19.7. The van der Waals surface area contributed by atoms with Crippen molar-refractivity contribution < 1.29 is 19.1 Å². The Kier molecular flexibility index (Phi) is 7.43. The minimum Gasteiger partial charge on any atom is -0.481 e. The Morgan fingerprint density at radius 1 is 1.21 bits per heavy atom. The number of amides is 1. The minimum atomic E-state index is -0.833. The average molecular weight is 499 g/mol. The largest absolute Gasteiger partial charge is 0.481 e. The van der Waals surface area contributed by atoms with Gasteiger partial charge < -0.3 is 14.8 Å². The maximum absolute atomic E-state index is 13.3. The van der Waals surface area contributed by atoms with E-state index in [1.165, 1.54) is 15.4 Å². The Morgan fingerprint density at radius 3 is 2.82 bits per heavy atom. The number of thioether (sulfide) groups is 1. The second-order valence-electron chi connectivity index (χ2n) is 7.58. The molecule has 34 heavy (non-hydrogen) atoms. The summed E-state index contributed by atoms with van der Waals surface area (Å²) in [7, 11) is 0. The summed E-state index contributed by atoms with van der Waals surface area (Å²) in [6, 6.07) is 8.84. The first kappa shape index (κ1) is 23.7. The van der Waals surface area contributed by atoms with Gasteiger partial charge >= 0.3 is 5.97 Å². The van der Waals surface area contributed by atoms with Gasteiger partial charge in [0.1, 0.15) is 21.5 Å². The molecule has 176 valence electrons. The van der Waals surface area contributed by atoms with Gasteiger partial charge in [-0.3, -0.25) is 23.7 Å². The van der Waals surface area contributed by atoms with E-state index in [9.17, 15) is 14.4 Å². The number of thiocarbonyl (C=S) groups is 1. The Labute approximate surface area is 204 Å². The summed E-state index contributed by atoms with van der Waals surface area (Å²) in [6.45, 7) is 0.723. The zero-order valence-electron chi connectivity index (χ0n) is 18.1. The third-order valence-corrected chi connectivity index (χ3v) is 6.58. The highest BCUT2D eigenvalue weighted by atomic mass is 32.2. The van der Waals surface area contributed by atoms with Crippen LogP contribution in [-0.4, -0.2) is 42.1 Å². The van der Waals surface area contributed by atoms with Crippen LogP contribution in [0.3, 0.4) is 0 Å². The molecule has 2 N–H and O–H groups in total. The molecule has 0 unspecified atom stereocenters. The van der Waals surface area contributed by atoms with Crippen molar-refractivity contribution in [2.75, 3.05) is 11.9 Å². The maximum Gasteiger partial charge on any atom is 0.303 e. The van der Waals surface area contributed by atoms with Gasteiger partial charge in [-0.15, -0.1) is 0 Å². The lowest BCUT2D eigenvalue weighted by atomic mass is 10.2. The van der Waals surface area contributed by atoms with Crippen LogP contribution in [0.1, 0.15) is 37.0 Å². The lowest BCUT2D eigenvalue weighted by molar-refractivity contribution is -0.137. The van der Waals surface area contributed by atoms with E-state index >= 15 is 0 Å². The second-order valence-corrected chi connectivity index (χ2v) is 9.25. The third-order valence-electron chi connectivity index (χ3n) is 5.20. The Balaban J connectivity index is 1.58. The van der Waals surface area contributed by atoms with Gasteiger partial charge in [-0.25, -0.2) is 4.98 Å². The fourth-order valence-electron chi connectivity index (χ4n) is 3.50. The SMILES string of the molecule is O=C(O)CCCCCN1C(=O)/C(=C/c2c(NCc3ccco3)nc3ccccn3c2=O)SC1=S. The van der Waals surface area contributed by atoms with E-state index in [4.69, 9.17) is 21.7 Å². The molecular weight excluding hydrogens is 476 g/mol. The molecule has 9 nitrogen and oxygen atoms in total.